The van der Waals surface area contributed by atoms with Crippen LogP contribution in [0, 0.1) is 12.8 Å². The topological polar surface area (TPSA) is 42.4 Å². The molecule has 1 saturated heterocycles. The monoisotopic (exact) mass is 376 g/mol. The van der Waals surface area contributed by atoms with Crippen LogP contribution in [0.3, 0.4) is 0 Å². The highest BCUT2D eigenvalue weighted by molar-refractivity contribution is 5.92. The van der Waals surface area contributed by atoms with Crippen molar-refractivity contribution in [2.24, 2.45) is 5.92 Å². The molecule has 0 spiro atoms. The van der Waals surface area contributed by atoms with Gasteiger partial charge >= 0.3 is 5.97 Å². The van der Waals surface area contributed by atoms with E-state index < -0.39 is 0 Å². The Balaban J connectivity index is 1.39. The molecule has 1 aliphatic heterocycles. The first-order valence-electron chi connectivity index (χ1n) is 10.2. The molecule has 0 amide bonds. The summed E-state index contributed by atoms with van der Waals surface area (Å²) in [6.45, 7) is 4.79. The number of rotatable bonds is 5. The highest BCUT2D eigenvalue weighted by Crippen LogP contribution is 2.29. The molecule has 4 heteroatoms. The number of carbonyl (C=O) groups excluding carboxylic acids is 1. The molecule has 1 aromatic carbocycles. The van der Waals surface area contributed by atoms with E-state index in [4.69, 9.17) is 4.74 Å². The minimum atomic E-state index is -0.206. The van der Waals surface area contributed by atoms with Crippen molar-refractivity contribution in [3.05, 3.63) is 70.0 Å². The first-order chi connectivity index (χ1) is 13.6. The average molecular weight is 377 g/mol. The first kappa shape index (κ1) is 18.9. The fourth-order valence-corrected chi connectivity index (χ4v) is 4.06. The van der Waals surface area contributed by atoms with Gasteiger partial charge in [-0.25, -0.2) is 4.79 Å². The number of hydrogen-bond acceptors (Lipinski definition) is 4. The predicted octanol–water partition coefficient (Wildman–Crippen LogP) is 4.07. The summed E-state index contributed by atoms with van der Waals surface area (Å²) in [5, 5.41) is 0. The molecule has 1 aliphatic carbocycles. The van der Waals surface area contributed by atoms with E-state index in [0.717, 1.165) is 50.0 Å². The van der Waals surface area contributed by atoms with Crippen LogP contribution < -0.4 is 0 Å². The lowest BCUT2D eigenvalue weighted by Crippen LogP contribution is -2.32. The van der Waals surface area contributed by atoms with Gasteiger partial charge in [-0.05, 0) is 81.9 Å². The van der Waals surface area contributed by atoms with Crippen molar-refractivity contribution in [1.29, 1.82) is 0 Å². The van der Waals surface area contributed by atoms with Gasteiger partial charge in [0.25, 0.3) is 0 Å². The third kappa shape index (κ3) is 4.33. The quantitative estimate of drug-likeness (QED) is 0.738. The van der Waals surface area contributed by atoms with Gasteiger partial charge in [-0.2, -0.15) is 0 Å². The summed E-state index contributed by atoms with van der Waals surface area (Å²) in [6, 6.07) is 10.4. The van der Waals surface area contributed by atoms with Crippen LogP contribution in [0.1, 0.15) is 45.6 Å². The van der Waals surface area contributed by atoms with Gasteiger partial charge in [0, 0.05) is 6.20 Å². The number of benzene rings is 1. The smallest absolute Gasteiger partial charge is 0.338 e. The Morgan fingerprint density at radius 2 is 1.93 bits per heavy atom. The SMILES string of the molecule is Cc1ccc(CC2=Cc3nccc(C(=O)OCC4CCN(C)CC4)c3C2)cc1. The molecule has 0 saturated carbocycles. The Bertz CT molecular complexity index is 878. The maximum Gasteiger partial charge on any atom is 0.338 e. The normalized spacial score (nSPS) is 17.3. The van der Waals surface area contributed by atoms with Crippen LogP contribution in [0.2, 0.25) is 0 Å². The second-order valence-electron chi connectivity index (χ2n) is 8.21. The molecular weight excluding hydrogens is 348 g/mol. The maximum absolute atomic E-state index is 12.7. The van der Waals surface area contributed by atoms with Crippen molar-refractivity contribution < 1.29 is 9.53 Å². The lowest BCUT2D eigenvalue weighted by molar-refractivity contribution is 0.0383. The minimum absolute atomic E-state index is 0.206. The number of likely N-dealkylation sites (tertiary alicyclic amines) is 1. The van der Waals surface area contributed by atoms with Crippen LogP contribution in [0.4, 0.5) is 0 Å². The number of aromatic nitrogens is 1. The standard InChI is InChI=1S/C24H28N2O2/c1-17-3-5-18(6-4-17)13-20-14-22-21(7-10-25-23(22)15-20)24(27)28-16-19-8-11-26(2)12-9-19/h3-7,10,15,19H,8-9,11-14,16H2,1-2H3. The summed E-state index contributed by atoms with van der Waals surface area (Å²) in [5.41, 5.74) is 6.45. The van der Waals surface area contributed by atoms with Crippen LogP contribution >= 0.6 is 0 Å². The fraction of sp³-hybridized carbons (Fsp3) is 0.417. The van der Waals surface area contributed by atoms with Crippen LogP contribution in [-0.2, 0) is 17.6 Å². The zero-order valence-electron chi connectivity index (χ0n) is 16.8. The van der Waals surface area contributed by atoms with E-state index in [1.54, 1.807) is 12.3 Å². The van der Waals surface area contributed by atoms with E-state index in [1.807, 2.05) is 0 Å². The number of ether oxygens (including phenoxy) is 1. The number of fused-ring (bicyclic) bond motifs is 1. The van der Waals surface area contributed by atoms with Crippen molar-refractivity contribution in [2.75, 3.05) is 26.7 Å². The number of nitrogens with zero attached hydrogens (tertiary/aromatic N) is 2. The summed E-state index contributed by atoms with van der Waals surface area (Å²) in [7, 11) is 2.14. The highest BCUT2D eigenvalue weighted by atomic mass is 16.5. The number of esters is 1. The zero-order chi connectivity index (χ0) is 19.5. The van der Waals surface area contributed by atoms with Gasteiger partial charge < -0.3 is 9.64 Å². The summed E-state index contributed by atoms with van der Waals surface area (Å²) >= 11 is 0. The molecule has 1 aromatic heterocycles. The van der Waals surface area contributed by atoms with Gasteiger partial charge in [0.1, 0.15) is 0 Å². The van der Waals surface area contributed by atoms with Gasteiger partial charge in [0.2, 0.25) is 0 Å². The Morgan fingerprint density at radius 3 is 2.68 bits per heavy atom. The Hall–Kier alpha value is -2.46. The maximum atomic E-state index is 12.7. The van der Waals surface area contributed by atoms with Crippen molar-refractivity contribution in [3.63, 3.8) is 0 Å². The van der Waals surface area contributed by atoms with Gasteiger partial charge in [-0.1, -0.05) is 35.4 Å². The van der Waals surface area contributed by atoms with E-state index in [0.29, 0.717) is 18.1 Å². The average Bonchev–Trinajstić information content (AvgIpc) is 3.11. The van der Waals surface area contributed by atoms with Crippen LogP contribution in [0.25, 0.3) is 6.08 Å². The van der Waals surface area contributed by atoms with Crippen molar-refractivity contribution in [2.45, 2.75) is 32.6 Å². The van der Waals surface area contributed by atoms with Gasteiger partial charge in [0.05, 0.1) is 17.9 Å². The number of hydrogen-bond donors (Lipinski definition) is 0. The number of allylic oxidation sites excluding steroid dienone is 1. The molecule has 146 valence electrons. The molecule has 0 N–H and O–H groups in total. The molecule has 1 fully saturated rings. The van der Waals surface area contributed by atoms with Gasteiger partial charge in [0.15, 0.2) is 0 Å². The predicted molar refractivity (Wildman–Crippen MR) is 111 cm³/mol. The van der Waals surface area contributed by atoms with Gasteiger partial charge in [-0.3, -0.25) is 4.98 Å². The molecule has 2 heterocycles. The largest absolute Gasteiger partial charge is 0.462 e. The molecule has 4 rings (SSSR count). The molecule has 28 heavy (non-hydrogen) atoms. The summed E-state index contributed by atoms with van der Waals surface area (Å²) in [5.74, 6) is 0.271. The Morgan fingerprint density at radius 1 is 1.18 bits per heavy atom. The van der Waals surface area contributed by atoms with E-state index >= 15 is 0 Å². The summed E-state index contributed by atoms with van der Waals surface area (Å²) < 4.78 is 5.69. The minimum Gasteiger partial charge on any atom is -0.462 e. The molecule has 4 nitrogen and oxygen atoms in total. The van der Waals surface area contributed by atoms with Crippen molar-refractivity contribution in [1.82, 2.24) is 9.88 Å². The molecule has 2 aromatic rings. The van der Waals surface area contributed by atoms with E-state index in [2.05, 4.69) is 54.2 Å². The van der Waals surface area contributed by atoms with Crippen LogP contribution in [-0.4, -0.2) is 42.6 Å². The Labute approximate surface area is 167 Å². The van der Waals surface area contributed by atoms with Crippen LogP contribution in [0.15, 0.2) is 42.1 Å². The number of carbonyl (C=O) groups is 1. The number of piperidine rings is 1. The molecule has 0 atom stereocenters. The molecule has 0 unspecified atom stereocenters. The second kappa shape index (κ2) is 8.27. The lowest BCUT2D eigenvalue weighted by Gasteiger charge is -2.28. The summed E-state index contributed by atoms with van der Waals surface area (Å²) in [6.07, 6.45) is 7.71. The molecule has 0 radical (unpaired) electrons. The first-order valence-corrected chi connectivity index (χ1v) is 10.2. The van der Waals surface area contributed by atoms with E-state index in [-0.39, 0.29) is 5.97 Å². The zero-order valence-corrected chi connectivity index (χ0v) is 16.8. The van der Waals surface area contributed by atoms with E-state index in [1.165, 1.54) is 16.7 Å². The van der Waals surface area contributed by atoms with Crippen molar-refractivity contribution in [3.8, 4) is 0 Å². The van der Waals surface area contributed by atoms with Gasteiger partial charge in [-0.15, -0.1) is 0 Å². The third-order valence-corrected chi connectivity index (χ3v) is 5.89. The molecule has 0 bridgehead atoms. The third-order valence-electron chi connectivity index (χ3n) is 5.89. The van der Waals surface area contributed by atoms with E-state index in [9.17, 15) is 4.79 Å². The number of pyridine rings is 1. The lowest BCUT2D eigenvalue weighted by atomic mass is 9.98. The molecule has 2 aliphatic rings. The highest BCUT2D eigenvalue weighted by Gasteiger charge is 2.24. The molecular formula is C24H28N2O2. The van der Waals surface area contributed by atoms with Crippen LogP contribution in [0.5, 0.6) is 0 Å². The summed E-state index contributed by atoms with van der Waals surface area (Å²) in [4.78, 5) is 19.5. The fourth-order valence-electron chi connectivity index (χ4n) is 4.06. The Kier molecular flexibility index (Phi) is 5.58. The van der Waals surface area contributed by atoms with Crippen molar-refractivity contribution >= 4 is 12.0 Å². The number of aryl methyl sites for hydroxylation is 1. The second-order valence-corrected chi connectivity index (χ2v) is 8.21.